The van der Waals surface area contributed by atoms with Gasteiger partial charge in [-0.1, -0.05) is 31.2 Å². The summed E-state index contributed by atoms with van der Waals surface area (Å²) in [6.45, 7) is 3.35. The lowest BCUT2D eigenvalue weighted by Gasteiger charge is -2.13. The van der Waals surface area contributed by atoms with E-state index in [1.54, 1.807) is 18.2 Å². The first-order valence-corrected chi connectivity index (χ1v) is 8.63. The molecule has 7 heteroatoms. The van der Waals surface area contributed by atoms with Crippen molar-refractivity contribution in [3.63, 3.8) is 0 Å². The third kappa shape index (κ3) is 4.65. The highest BCUT2D eigenvalue weighted by atomic mass is 16.6. The molecule has 0 fully saturated rings. The molecule has 3 rings (SSSR count). The van der Waals surface area contributed by atoms with Crippen molar-refractivity contribution in [2.24, 2.45) is 0 Å². The molecular formula is C19H22N4O3. The summed E-state index contributed by atoms with van der Waals surface area (Å²) in [7, 11) is 0. The third-order valence-corrected chi connectivity index (χ3v) is 4.12. The van der Waals surface area contributed by atoms with Crippen LogP contribution in [0.5, 0.6) is 0 Å². The first kappa shape index (κ1) is 18.0. The van der Waals surface area contributed by atoms with Gasteiger partial charge in [0.05, 0.1) is 6.10 Å². The largest absolute Gasteiger partial charge is 0.390 e. The number of fused-ring (bicyclic) bond motifs is 1. The number of aliphatic hydroxyl groups excluding tert-OH is 1. The molecule has 0 spiro atoms. The van der Waals surface area contributed by atoms with E-state index < -0.39 is 6.10 Å². The third-order valence-electron chi connectivity index (χ3n) is 4.12. The van der Waals surface area contributed by atoms with Gasteiger partial charge in [-0.3, -0.25) is 4.79 Å². The molecule has 7 nitrogen and oxygen atoms in total. The van der Waals surface area contributed by atoms with Crippen LogP contribution in [-0.4, -0.2) is 40.5 Å². The molecule has 2 aromatic carbocycles. The first-order chi connectivity index (χ1) is 12.7. The predicted molar refractivity (Wildman–Crippen MR) is 97.7 cm³/mol. The van der Waals surface area contributed by atoms with E-state index in [-0.39, 0.29) is 12.5 Å². The number of hydrogen-bond donors (Lipinski definition) is 3. The van der Waals surface area contributed by atoms with Crippen molar-refractivity contribution in [2.75, 3.05) is 13.1 Å². The van der Waals surface area contributed by atoms with E-state index in [0.29, 0.717) is 29.7 Å². The lowest BCUT2D eigenvalue weighted by Crippen LogP contribution is -2.37. The molecule has 1 unspecified atom stereocenters. The van der Waals surface area contributed by atoms with Crippen molar-refractivity contribution in [1.29, 1.82) is 0 Å². The smallest absolute Gasteiger partial charge is 0.251 e. The summed E-state index contributed by atoms with van der Waals surface area (Å²) in [5.41, 5.74) is 4.03. The number of rotatable bonds is 8. The Morgan fingerprint density at radius 1 is 1.12 bits per heavy atom. The lowest BCUT2D eigenvalue weighted by atomic mass is 10.1. The van der Waals surface area contributed by atoms with E-state index in [1.165, 1.54) is 11.1 Å². The zero-order valence-electron chi connectivity index (χ0n) is 14.6. The van der Waals surface area contributed by atoms with Crippen LogP contribution in [0, 0.1) is 0 Å². The molecular weight excluding hydrogens is 332 g/mol. The fourth-order valence-electron chi connectivity index (χ4n) is 2.65. The molecule has 1 amide bonds. The lowest BCUT2D eigenvalue weighted by molar-refractivity contribution is 0.0915. The number of aryl methyl sites for hydroxylation is 1. The number of aliphatic hydroxyl groups is 1. The van der Waals surface area contributed by atoms with E-state index in [1.807, 2.05) is 6.07 Å². The van der Waals surface area contributed by atoms with E-state index in [9.17, 15) is 9.90 Å². The van der Waals surface area contributed by atoms with Crippen molar-refractivity contribution in [2.45, 2.75) is 26.0 Å². The second-order valence-corrected chi connectivity index (χ2v) is 6.14. The average Bonchev–Trinajstić information content (AvgIpc) is 3.14. The van der Waals surface area contributed by atoms with Crippen LogP contribution in [0.4, 0.5) is 0 Å². The van der Waals surface area contributed by atoms with Crippen LogP contribution >= 0.6 is 0 Å². The minimum atomic E-state index is -0.675. The van der Waals surface area contributed by atoms with Gasteiger partial charge in [0.1, 0.15) is 11.0 Å². The van der Waals surface area contributed by atoms with Crippen molar-refractivity contribution in [3.05, 3.63) is 59.2 Å². The van der Waals surface area contributed by atoms with Gasteiger partial charge in [-0.15, -0.1) is 0 Å². The van der Waals surface area contributed by atoms with Crippen LogP contribution < -0.4 is 10.6 Å². The van der Waals surface area contributed by atoms with Gasteiger partial charge in [0.25, 0.3) is 5.91 Å². The monoisotopic (exact) mass is 354 g/mol. The van der Waals surface area contributed by atoms with E-state index in [2.05, 4.69) is 50.7 Å². The minimum Gasteiger partial charge on any atom is -0.390 e. The number of benzene rings is 2. The summed E-state index contributed by atoms with van der Waals surface area (Å²) in [6.07, 6.45) is 0.323. The Labute approximate surface area is 151 Å². The summed E-state index contributed by atoms with van der Waals surface area (Å²) in [5.74, 6) is -0.274. The van der Waals surface area contributed by atoms with Crippen LogP contribution in [0.15, 0.2) is 47.1 Å². The molecule has 0 bridgehead atoms. The number of carbonyl (C=O) groups is 1. The second-order valence-electron chi connectivity index (χ2n) is 6.14. The Bertz CT molecular complexity index is 878. The van der Waals surface area contributed by atoms with Crippen LogP contribution in [0.2, 0.25) is 0 Å². The van der Waals surface area contributed by atoms with Crippen LogP contribution in [0.1, 0.15) is 28.4 Å². The number of carbonyl (C=O) groups excluding carboxylic acids is 1. The molecule has 1 heterocycles. The van der Waals surface area contributed by atoms with Crippen LogP contribution in [0.3, 0.4) is 0 Å². The molecule has 0 aliphatic heterocycles. The molecule has 0 radical (unpaired) electrons. The second kappa shape index (κ2) is 8.55. The van der Waals surface area contributed by atoms with Crippen molar-refractivity contribution >= 4 is 16.9 Å². The number of amides is 1. The first-order valence-electron chi connectivity index (χ1n) is 8.63. The predicted octanol–water partition coefficient (Wildman–Crippen LogP) is 1.67. The standard InChI is InChI=1S/C19H22N4O3/c1-2-13-4-3-5-14(8-13)10-20-11-16(24)12-21-19(25)15-6-7-17-18(9-15)23-26-22-17/h3-9,16,20,24H,2,10-12H2,1H3,(H,21,25). The summed E-state index contributed by atoms with van der Waals surface area (Å²) in [4.78, 5) is 12.2. The van der Waals surface area contributed by atoms with Crippen molar-refractivity contribution < 1.29 is 14.5 Å². The molecule has 0 aliphatic rings. The molecule has 1 atom stereocenters. The molecule has 0 saturated heterocycles. The maximum absolute atomic E-state index is 12.2. The molecule has 3 N–H and O–H groups in total. The van der Waals surface area contributed by atoms with Crippen molar-refractivity contribution in [3.8, 4) is 0 Å². The topological polar surface area (TPSA) is 100 Å². The summed E-state index contributed by atoms with van der Waals surface area (Å²) >= 11 is 0. The van der Waals surface area contributed by atoms with Gasteiger partial charge in [-0.2, -0.15) is 0 Å². The highest BCUT2D eigenvalue weighted by Gasteiger charge is 2.11. The van der Waals surface area contributed by atoms with Gasteiger partial charge in [-0.05, 0) is 46.1 Å². The quantitative estimate of drug-likeness (QED) is 0.569. The number of hydrogen-bond acceptors (Lipinski definition) is 6. The van der Waals surface area contributed by atoms with Gasteiger partial charge < -0.3 is 15.7 Å². The maximum atomic E-state index is 12.2. The Morgan fingerprint density at radius 2 is 1.92 bits per heavy atom. The summed E-state index contributed by atoms with van der Waals surface area (Å²) < 4.78 is 4.61. The average molecular weight is 354 g/mol. The van der Waals surface area contributed by atoms with Gasteiger partial charge in [0.15, 0.2) is 0 Å². The molecule has 1 aromatic heterocycles. The maximum Gasteiger partial charge on any atom is 0.251 e. The van der Waals surface area contributed by atoms with E-state index in [0.717, 1.165) is 6.42 Å². The zero-order chi connectivity index (χ0) is 18.4. The van der Waals surface area contributed by atoms with Crippen molar-refractivity contribution in [1.82, 2.24) is 20.9 Å². The Hall–Kier alpha value is -2.77. The van der Waals surface area contributed by atoms with Gasteiger partial charge >= 0.3 is 0 Å². The fourth-order valence-corrected chi connectivity index (χ4v) is 2.65. The normalized spacial score (nSPS) is 12.2. The molecule has 136 valence electrons. The van der Waals surface area contributed by atoms with Crippen LogP contribution in [0.25, 0.3) is 11.0 Å². The number of nitrogens with zero attached hydrogens (tertiary/aromatic N) is 2. The fraction of sp³-hybridized carbons (Fsp3) is 0.316. The highest BCUT2D eigenvalue weighted by Crippen LogP contribution is 2.11. The number of aromatic nitrogens is 2. The summed E-state index contributed by atoms with van der Waals surface area (Å²) in [5, 5.41) is 23.4. The van der Waals surface area contributed by atoms with E-state index >= 15 is 0 Å². The Balaban J connectivity index is 1.43. The molecule has 3 aromatic rings. The van der Waals surface area contributed by atoms with Crippen LogP contribution in [-0.2, 0) is 13.0 Å². The number of nitrogens with one attached hydrogen (secondary N) is 2. The molecule has 0 aliphatic carbocycles. The van der Waals surface area contributed by atoms with Gasteiger partial charge in [-0.25, -0.2) is 4.63 Å². The van der Waals surface area contributed by atoms with E-state index in [4.69, 9.17) is 0 Å². The SMILES string of the molecule is CCc1cccc(CNCC(O)CNC(=O)c2ccc3nonc3c2)c1. The highest BCUT2D eigenvalue weighted by molar-refractivity contribution is 5.97. The van der Waals surface area contributed by atoms with Gasteiger partial charge in [0, 0.05) is 25.2 Å². The van der Waals surface area contributed by atoms with Gasteiger partial charge in [0.2, 0.25) is 0 Å². The summed E-state index contributed by atoms with van der Waals surface area (Å²) in [6, 6.07) is 13.3. The molecule has 0 saturated carbocycles. The Morgan fingerprint density at radius 3 is 2.77 bits per heavy atom. The minimum absolute atomic E-state index is 0.163. The Kier molecular flexibility index (Phi) is 5.93. The zero-order valence-corrected chi connectivity index (χ0v) is 14.6. The molecule has 26 heavy (non-hydrogen) atoms.